The molecule has 2 aromatic rings. The number of carboxylic acids is 1. The molecule has 5 nitrogen and oxygen atoms in total. The maximum Gasteiger partial charge on any atom is 0.354 e. The van der Waals surface area contributed by atoms with Crippen LogP contribution in [0.15, 0.2) is 42.5 Å². The number of nitrogens with zero attached hydrogens (tertiary/aromatic N) is 3. The van der Waals surface area contributed by atoms with Gasteiger partial charge in [0.15, 0.2) is 5.69 Å². The van der Waals surface area contributed by atoms with Crippen molar-refractivity contribution in [3.8, 4) is 6.07 Å². The van der Waals surface area contributed by atoms with E-state index >= 15 is 0 Å². The molecule has 2 rings (SSSR count). The monoisotopic (exact) mass is 267 g/mol. The van der Waals surface area contributed by atoms with Crippen LogP contribution in [0.5, 0.6) is 0 Å². The maximum absolute atomic E-state index is 10.9. The molecular formula is C15H13N3O2. The lowest BCUT2D eigenvalue weighted by Gasteiger charge is -2.18. The summed E-state index contributed by atoms with van der Waals surface area (Å²) in [5.41, 5.74) is 1.58. The van der Waals surface area contributed by atoms with E-state index in [1.165, 1.54) is 6.07 Å². The van der Waals surface area contributed by atoms with Crippen molar-refractivity contribution in [2.45, 2.75) is 6.54 Å². The Hall–Kier alpha value is -2.87. The van der Waals surface area contributed by atoms with Gasteiger partial charge < -0.3 is 10.0 Å². The van der Waals surface area contributed by atoms with Gasteiger partial charge in [0.2, 0.25) is 0 Å². The van der Waals surface area contributed by atoms with Crippen LogP contribution in [0.3, 0.4) is 0 Å². The number of pyridine rings is 1. The van der Waals surface area contributed by atoms with Gasteiger partial charge in [-0.05, 0) is 29.8 Å². The second-order valence-electron chi connectivity index (χ2n) is 4.35. The summed E-state index contributed by atoms with van der Waals surface area (Å²) in [5.74, 6) is -0.473. The Morgan fingerprint density at radius 2 is 2.10 bits per heavy atom. The summed E-state index contributed by atoms with van der Waals surface area (Å²) >= 11 is 0. The zero-order valence-electron chi connectivity index (χ0n) is 10.9. The molecule has 0 saturated carbocycles. The normalized spacial score (nSPS) is 9.80. The first-order chi connectivity index (χ1) is 9.60. The van der Waals surface area contributed by atoms with Crippen LogP contribution in [-0.4, -0.2) is 23.1 Å². The van der Waals surface area contributed by atoms with E-state index in [1.54, 1.807) is 24.3 Å². The molecule has 5 heteroatoms. The Morgan fingerprint density at radius 1 is 1.35 bits per heavy atom. The first-order valence-electron chi connectivity index (χ1n) is 6.00. The van der Waals surface area contributed by atoms with E-state index in [0.29, 0.717) is 17.9 Å². The Balaban J connectivity index is 2.19. The average Bonchev–Trinajstić information content (AvgIpc) is 2.47. The van der Waals surface area contributed by atoms with E-state index in [4.69, 9.17) is 10.4 Å². The predicted octanol–water partition coefficient (Wildman–Crippen LogP) is 2.29. The fourth-order valence-corrected chi connectivity index (χ4v) is 1.85. The first kappa shape index (κ1) is 13.6. The third kappa shape index (κ3) is 3.12. The van der Waals surface area contributed by atoms with E-state index < -0.39 is 5.97 Å². The number of carboxylic acid groups (broad SMARTS) is 1. The zero-order valence-corrected chi connectivity index (χ0v) is 10.9. The lowest BCUT2D eigenvalue weighted by atomic mass is 10.1. The van der Waals surface area contributed by atoms with Gasteiger partial charge in [0.1, 0.15) is 5.82 Å². The quantitative estimate of drug-likeness (QED) is 0.919. The van der Waals surface area contributed by atoms with Gasteiger partial charge in [-0.3, -0.25) is 0 Å². The van der Waals surface area contributed by atoms with Crippen molar-refractivity contribution in [1.82, 2.24) is 4.98 Å². The Labute approximate surface area is 116 Å². The maximum atomic E-state index is 10.9. The summed E-state index contributed by atoms with van der Waals surface area (Å²) in [7, 11) is 1.83. The Morgan fingerprint density at radius 3 is 2.80 bits per heavy atom. The molecule has 0 bridgehead atoms. The molecule has 100 valence electrons. The van der Waals surface area contributed by atoms with Crippen LogP contribution in [0.25, 0.3) is 0 Å². The largest absolute Gasteiger partial charge is 0.477 e. The fourth-order valence-electron chi connectivity index (χ4n) is 1.85. The topological polar surface area (TPSA) is 77.2 Å². The van der Waals surface area contributed by atoms with Gasteiger partial charge in [-0.1, -0.05) is 18.2 Å². The highest BCUT2D eigenvalue weighted by Crippen LogP contribution is 2.14. The molecule has 0 atom stereocenters. The van der Waals surface area contributed by atoms with Gasteiger partial charge in [-0.15, -0.1) is 0 Å². The average molecular weight is 267 g/mol. The number of hydrogen-bond acceptors (Lipinski definition) is 4. The highest BCUT2D eigenvalue weighted by atomic mass is 16.4. The number of anilines is 1. The zero-order chi connectivity index (χ0) is 14.5. The molecule has 0 aliphatic carbocycles. The number of hydrogen-bond donors (Lipinski definition) is 1. The highest BCUT2D eigenvalue weighted by molar-refractivity contribution is 5.85. The molecule has 0 fully saturated rings. The van der Waals surface area contributed by atoms with Crippen LogP contribution in [-0.2, 0) is 6.54 Å². The highest BCUT2D eigenvalue weighted by Gasteiger charge is 2.08. The van der Waals surface area contributed by atoms with E-state index in [0.717, 1.165) is 5.56 Å². The molecule has 1 heterocycles. The Kier molecular flexibility index (Phi) is 3.96. The molecule has 0 saturated heterocycles. The Bertz CT molecular complexity index is 677. The smallest absolute Gasteiger partial charge is 0.354 e. The van der Waals surface area contributed by atoms with Crippen LogP contribution >= 0.6 is 0 Å². The third-order valence-corrected chi connectivity index (χ3v) is 2.82. The summed E-state index contributed by atoms with van der Waals surface area (Å²) < 4.78 is 0. The fraction of sp³-hybridized carbons (Fsp3) is 0.133. The van der Waals surface area contributed by atoms with Gasteiger partial charge in [0, 0.05) is 13.6 Å². The molecular weight excluding hydrogens is 254 g/mol. The van der Waals surface area contributed by atoms with E-state index in [2.05, 4.69) is 11.1 Å². The lowest BCUT2D eigenvalue weighted by Crippen LogP contribution is -2.18. The summed E-state index contributed by atoms with van der Waals surface area (Å²) in [6.07, 6.45) is 0. The minimum atomic E-state index is -1.05. The van der Waals surface area contributed by atoms with Crippen molar-refractivity contribution in [2.24, 2.45) is 0 Å². The van der Waals surface area contributed by atoms with E-state index in [9.17, 15) is 4.79 Å². The predicted molar refractivity (Wildman–Crippen MR) is 74.5 cm³/mol. The summed E-state index contributed by atoms with van der Waals surface area (Å²) in [6.45, 7) is 0.547. The van der Waals surface area contributed by atoms with Crippen molar-refractivity contribution in [1.29, 1.82) is 5.26 Å². The lowest BCUT2D eigenvalue weighted by molar-refractivity contribution is 0.0690. The van der Waals surface area contributed by atoms with Gasteiger partial charge in [0.05, 0.1) is 11.6 Å². The van der Waals surface area contributed by atoms with E-state index in [1.807, 2.05) is 24.1 Å². The van der Waals surface area contributed by atoms with Gasteiger partial charge in [-0.2, -0.15) is 5.26 Å². The van der Waals surface area contributed by atoms with Crippen LogP contribution in [0.1, 0.15) is 21.6 Å². The molecule has 0 radical (unpaired) electrons. The molecule has 0 aliphatic rings. The number of benzene rings is 1. The minimum Gasteiger partial charge on any atom is -0.477 e. The van der Waals surface area contributed by atoms with Crippen LogP contribution in [0.2, 0.25) is 0 Å². The number of rotatable bonds is 4. The van der Waals surface area contributed by atoms with Crippen molar-refractivity contribution in [3.05, 3.63) is 59.3 Å². The van der Waals surface area contributed by atoms with Crippen LogP contribution < -0.4 is 4.90 Å². The molecule has 0 spiro atoms. The van der Waals surface area contributed by atoms with Crippen molar-refractivity contribution < 1.29 is 9.90 Å². The summed E-state index contributed by atoms with van der Waals surface area (Å²) in [4.78, 5) is 16.8. The standard InChI is InChI=1S/C15H13N3O2/c1-18(10-12-5-2-4-11(8-12)9-16)14-7-3-6-13(17-14)15(19)20/h2-8H,10H2,1H3,(H,19,20). The van der Waals surface area contributed by atoms with Gasteiger partial charge in [-0.25, -0.2) is 9.78 Å². The second kappa shape index (κ2) is 5.85. The summed E-state index contributed by atoms with van der Waals surface area (Å²) in [5, 5.41) is 17.8. The number of aromatic carboxylic acids is 1. The van der Waals surface area contributed by atoms with Crippen LogP contribution in [0, 0.1) is 11.3 Å². The van der Waals surface area contributed by atoms with Crippen LogP contribution in [0.4, 0.5) is 5.82 Å². The molecule has 1 N–H and O–H groups in total. The third-order valence-electron chi connectivity index (χ3n) is 2.82. The van der Waals surface area contributed by atoms with Crippen molar-refractivity contribution >= 4 is 11.8 Å². The SMILES string of the molecule is CN(Cc1cccc(C#N)c1)c1cccc(C(=O)O)n1. The molecule has 0 aliphatic heterocycles. The second-order valence-corrected chi connectivity index (χ2v) is 4.35. The molecule has 1 aromatic carbocycles. The molecule has 20 heavy (non-hydrogen) atoms. The molecule has 1 aromatic heterocycles. The van der Waals surface area contributed by atoms with Gasteiger partial charge in [0.25, 0.3) is 0 Å². The summed E-state index contributed by atoms with van der Waals surface area (Å²) in [6, 6.07) is 14.2. The van der Waals surface area contributed by atoms with Gasteiger partial charge >= 0.3 is 5.97 Å². The number of nitriles is 1. The number of aromatic nitrogens is 1. The van der Waals surface area contributed by atoms with Crippen molar-refractivity contribution in [3.63, 3.8) is 0 Å². The first-order valence-corrected chi connectivity index (χ1v) is 6.00. The molecule has 0 amide bonds. The number of carbonyl (C=O) groups is 1. The van der Waals surface area contributed by atoms with E-state index in [-0.39, 0.29) is 5.69 Å². The minimum absolute atomic E-state index is 0.0140. The van der Waals surface area contributed by atoms with Crippen molar-refractivity contribution in [2.75, 3.05) is 11.9 Å². The molecule has 0 unspecified atom stereocenters.